The Morgan fingerprint density at radius 2 is 2.21 bits per heavy atom. The third-order valence-corrected chi connectivity index (χ3v) is 2.73. The third-order valence-electron chi connectivity index (χ3n) is 2.01. The summed E-state index contributed by atoms with van der Waals surface area (Å²) in [5, 5.41) is 8.74. The third kappa shape index (κ3) is 1.48. The normalized spacial score (nSPS) is 10.1. The second kappa shape index (κ2) is 3.75. The highest BCUT2D eigenvalue weighted by Gasteiger charge is 2.10. The van der Waals surface area contributed by atoms with Gasteiger partial charge < -0.3 is 4.74 Å². The van der Waals surface area contributed by atoms with E-state index in [2.05, 4.69) is 10.2 Å². The van der Waals surface area contributed by atoms with Gasteiger partial charge in [-0.25, -0.2) is 0 Å². The Labute approximate surface area is 86.4 Å². The lowest BCUT2D eigenvalue weighted by atomic mass is 10.1. The highest BCUT2D eigenvalue weighted by molar-refractivity contribution is 7.12. The van der Waals surface area contributed by atoms with Crippen LogP contribution in [0.2, 0.25) is 0 Å². The maximum absolute atomic E-state index is 5.34. The molecule has 0 aliphatic heterocycles. The summed E-state index contributed by atoms with van der Waals surface area (Å²) < 4.78 is 5.34. The molecule has 4 heteroatoms. The molecular formula is C10H10N2OS. The lowest BCUT2D eigenvalue weighted by Crippen LogP contribution is -1.90. The van der Waals surface area contributed by atoms with Crippen LogP contribution in [0.4, 0.5) is 0 Å². The summed E-state index contributed by atoms with van der Waals surface area (Å²) >= 11 is 1.51. The predicted molar refractivity (Wildman–Crippen MR) is 56.6 cm³/mol. The quantitative estimate of drug-likeness (QED) is 0.757. The van der Waals surface area contributed by atoms with E-state index >= 15 is 0 Å². The Morgan fingerprint density at radius 1 is 1.36 bits per heavy atom. The summed E-state index contributed by atoms with van der Waals surface area (Å²) in [6.45, 7) is 2.02. The molecule has 1 aromatic carbocycles. The number of aromatic nitrogens is 2. The van der Waals surface area contributed by atoms with Gasteiger partial charge in [0.25, 0.3) is 0 Å². The molecule has 0 unspecified atom stereocenters. The van der Waals surface area contributed by atoms with Crippen LogP contribution in [0.25, 0.3) is 10.6 Å². The molecule has 0 aliphatic rings. The monoisotopic (exact) mass is 206 g/mol. The first-order valence-electron chi connectivity index (χ1n) is 4.23. The number of nitrogens with zero attached hydrogens (tertiary/aromatic N) is 2. The van der Waals surface area contributed by atoms with Gasteiger partial charge in [-0.3, -0.25) is 0 Å². The van der Waals surface area contributed by atoms with Crippen LogP contribution in [0, 0.1) is 6.92 Å². The zero-order valence-corrected chi connectivity index (χ0v) is 8.84. The van der Waals surface area contributed by atoms with Crippen molar-refractivity contribution < 1.29 is 4.74 Å². The fourth-order valence-corrected chi connectivity index (χ4v) is 1.96. The fourth-order valence-electron chi connectivity index (χ4n) is 1.38. The van der Waals surface area contributed by atoms with Crippen molar-refractivity contribution in [1.29, 1.82) is 0 Å². The molecular weight excluding hydrogens is 196 g/mol. The van der Waals surface area contributed by atoms with E-state index < -0.39 is 0 Å². The van der Waals surface area contributed by atoms with Crippen LogP contribution >= 0.6 is 11.3 Å². The summed E-state index contributed by atoms with van der Waals surface area (Å²) in [5.74, 6) is 0.879. The number of benzene rings is 1. The van der Waals surface area contributed by atoms with Gasteiger partial charge in [-0.2, -0.15) is 0 Å². The standard InChI is InChI=1S/C10H10N2OS/c1-7-4-3-5-8(9(7)13-2)10-12-11-6-14-10/h3-6H,1-2H3. The van der Waals surface area contributed by atoms with E-state index in [9.17, 15) is 0 Å². The van der Waals surface area contributed by atoms with Crippen LogP contribution in [-0.2, 0) is 0 Å². The average molecular weight is 206 g/mol. The second-order valence-electron chi connectivity index (χ2n) is 2.90. The van der Waals surface area contributed by atoms with Crippen LogP contribution in [0.3, 0.4) is 0 Å². The zero-order chi connectivity index (χ0) is 9.97. The van der Waals surface area contributed by atoms with Crippen molar-refractivity contribution in [2.45, 2.75) is 6.92 Å². The smallest absolute Gasteiger partial charge is 0.151 e. The van der Waals surface area contributed by atoms with Crippen molar-refractivity contribution in [2.75, 3.05) is 7.11 Å². The maximum atomic E-state index is 5.34. The Kier molecular flexibility index (Phi) is 2.45. The van der Waals surface area contributed by atoms with Crippen LogP contribution in [-0.4, -0.2) is 17.3 Å². The summed E-state index contributed by atoms with van der Waals surface area (Å²) in [6, 6.07) is 6.00. The first-order valence-corrected chi connectivity index (χ1v) is 5.11. The molecule has 1 aromatic heterocycles. The van der Waals surface area contributed by atoms with E-state index in [1.807, 2.05) is 25.1 Å². The van der Waals surface area contributed by atoms with Gasteiger partial charge in [0.15, 0.2) is 5.01 Å². The lowest BCUT2D eigenvalue weighted by molar-refractivity contribution is 0.413. The number of hydrogen-bond acceptors (Lipinski definition) is 4. The van der Waals surface area contributed by atoms with Gasteiger partial charge in [0.05, 0.1) is 12.7 Å². The number of aryl methyl sites for hydroxylation is 1. The van der Waals surface area contributed by atoms with Gasteiger partial charge in [-0.15, -0.1) is 10.2 Å². The minimum atomic E-state index is 0.879. The van der Waals surface area contributed by atoms with E-state index in [1.54, 1.807) is 12.6 Å². The zero-order valence-electron chi connectivity index (χ0n) is 8.02. The molecule has 72 valence electrons. The first-order chi connectivity index (χ1) is 6.83. The lowest BCUT2D eigenvalue weighted by Gasteiger charge is -2.07. The summed E-state index contributed by atoms with van der Waals surface area (Å²) in [6.07, 6.45) is 0. The van der Waals surface area contributed by atoms with Crippen molar-refractivity contribution in [3.05, 3.63) is 29.3 Å². The van der Waals surface area contributed by atoms with Gasteiger partial charge in [-0.1, -0.05) is 23.5 Å². The molecule has 0 fully saturated rings. The molecule has 0 N–H and O–H groups in total. The van der Waals surface area contributed by atoms with Crippen molar-refractivity contribution in [3.8, 4) is 16.3 Å². The average Bonchev–Trinajstić information content (AvgIpc) is 2.70. The van der Waals surface area contributed by atoms with Crippen LogP contribution in [0.1, 0.15) is 5.56 Å². The second-order valence-corrected chi connectivity index (χ2v) is 3.73. The van der Waals surface area contributed by atoms with Crippen LogP contribution in [0.15, 0.2) is 23.7 Å². The summed E-state index contributed by atoms with van der Waals surface area (Å²) in [5.41, 5.74) is 3.84. The number of methoxy groups -OCH3 is 1. The molecule has 0 spiro atoms. The summed E-state index contributed by atoms with van der Waals surface area (Å²) in [7, 11) is 1.67. The van der Waals surface area contributed by atoms with Crippen molar-refractivity contribution in [3.63, 3.8) is 0 Å². The van der Waals surface area contributed by atoms with E-state index in [0.717, 1.165) is 21.9 Å². The molecule has 0 amide bonds. The van der Waals surface area contributed by atoms with Gasteiger partial charge in [0.2, 0.25) is 0 Å². The molecule has 2 rings (SSSR count). The Morgan fingerprint density at radius 3 is 2.86 bits per heavy atom. The van der Waals surface area contributed by atoms with E-state index in [1.165, 1.54) is 11.3 Å². The van der Waals surface area contributed by atoms with Crippen LogP contribution in [0.5, 0.6) is 5.75 Å². The largest absolute Gasteiger partial charge is 0.496 e. The van der Waals surface area contributed by atoms with Gasteiger partial charge in [-0.05, 0) is 18.6 Å². The van der Waals surface area contributed by atoms with Gasteiger partial charge >= 0.3 is 0 Å². The maximum Gasteiger partial charge on any atom is 0.151 e. The van der Waals surface area contributed by atoms with Crippen molar-refractivity contribution in [2.24, 2.45) is 0 Å². The summed E-state index contributed by atoms with van der Waals surface area (Å²) in [4.78, 5) is 0. The SMILES string of the molecule is COc1c(C)cccc1-c1nncs1. The molecule has 0 saturated heterocycles. The highest BCUT2D eigenvalue weighted by Crippen LogP contribution is 2.32. The molecule has 3 nitrogen and oxygen atoms in total. The topological polar surface area (TPSA) is 35.0 Å². The molecule has 0 saturated carbocycles. The number of hydrogen-bond donors (Lipinski definition) is 0. The number of rotatable bonds is 2. The Balaban J connectivity index is 2.58. The van der Waals surface area contributed by atoms with E-state index in [4.69, 9.17) is 4.74 Å². The molecule has 0 radical (unpaired) electrons. The highest BCUT2D eigenvalue weighted by atomic mass is 32.1. The molecule has 1 heterocycles. The van der Waals surface area contributed by atoms with E-state index in [-0.39, 0.29) is 0 Å². The molecule has 14 heavy (non-hydrogen) atoms. The minimum Gasteiger partial charge on any atom is -0.496 e. The minimum absolute atomic E-state index is 0.879. The Bertz CT molecular complexity index is 426. The predicted octanol–water partition coefficient (Wildman–Crippen LogP) is 2.52. The van der Waals surface area contributed by atoms with Gasteiger partial charge in [0, 0.05) is 0 Å². The van der Waals surface area contributed by atoms with E-state index in [0.29, 0.717) is 0 Å². The van der Waals surface area contributed by atoms with Crippen molar-refractivity contribution in [1.82, 2.24) is 10.2 Å². The first kappa shape index (κ1) is 9.15. The fraction of sp³-hybridized carbons (Fsp3) is 0.200. The molecule has 0 bridgehead atoms. The number of para-hydroxylation sites is 1. The molecule has 2 aromatic rings. The van der Waals surface area contributed by atoms with Gasteiger partial charge in [0.1, 0.15) is 11.3 Å². The Hall–Kier alpha value is -1.42. The molecule has 0 atom stereocenters. The van der Waals surface area contributed by atoms with Crippen LogP contribution < -0.4 is 4.74 Å². The van der Waals surface area contributed by atoms with Crippen molar-refractivity contribution >= 4 is 11.3 Å². The number of ether oxygens (including phenoxy) is 1. The molecule has 0 aliphatic carbocycles.